The zero-order chi connectivity index (χ0) is 12.6. The molecule has 0 saturated carbocycles. The summed E-state index contributed by atoms with van der Waals surface area (Å²) in [6.45, 7) is 4.83. The molecule has 0 spiro atoms. The van der Waals surface area contributed by atoms with Crippen molar-refractivity contribution in [3.05, 3.63) is 11.7 Å². The first-order chi connectivity index (χ1) is 7.97. The second-order valence-electron chi connectivity index (χ2n) is 3.69. The molecule has 1 atom stereocenters. The van der Waals surface area contributed by atoms with Gasteiger partial charge in [0.1, 0.15) is 5.82 Å². The Balaban J connectivity index is 2.48. The molecule has 2 aromatic rings. The average Bonchev–Trinajstić information content (AvgIpc) is 2.58. The van der Waals surface area contributed by atoms with Crippen molar-refractivity contribution in [1.82, 2.24) is 15.0 Å². The van der Waals surface area contributed by atoms with Gasteiger partial charge in [-0.2, -0.15) is 4.98 Å². The van der Waals surface area contributed by atoms with Crippen LogP contribution in [0.15, 0.2) is 4.42 Å². The van der Waals surface area contributed by atoms with E-state index in [0.29, 0.717) is 28.8 Å². The second kappa shape index (κ2) is 4.00. The van der Waals surface area contributed by atoms with E-state index in [1.807, 2.05) is 0 Å². The molecule has 2 rings (SSSR count). The van der Waals surface area contributed by atoms with Crippen LogP contribution in [-0.2, 0) is 4.79 Å². The Hall–Kier alpha value is -2.18. The third kappa shape index (κ3) is 2.17. The van der Waals surface area contributed by atoms with Crippen LogP contribution in [0.25, 0.3) is 11.2 Å². The van der Waals surface area contributed by atoms with Crippen molar-refractivity contribution in [2.24, 2.45) is 0 Å². The van der Waals surface area contributed by atoms with Gasteiger partial charge < -0.3 is 19.6 Å². The van der Waals surface area contributed by atoms with Crippen LogP contribution in [0.3, 0.4) is 0 Å². The lowest BCUT2D eigenvalue weighted by Crippen LogP contribution is -2.38. The zero-order valence-corrected chi connectivity index (χ0v) is 9.64. The van der Waals surface area contributed by atoms with Crippen molar-refractivity contribution in [3.63, 3.8) is 0 Å². The molecule has 0 aromatic carbocycles. The highest BCUT2D eigenvalue weighted by atomic mass is 16.4. The van der Waals surface area contributed by atoms with Gasteiger partial charge in [-0.1, -0.05) is 0 Å². The third-order valence-corrected chi connectivity index (χ3v) is 2.18. The average molecular weight is 235 g/mol. The van der Waals surface area contributed by atoms with Gasteiger partial charge in [0.05, 0.1) is 12.0 Å². The molecule has 0 fully saturated rings. The van der Waals surface area contributed by atoms with Gasteiger partial charge in [-0.3, -0.25) is 0 Å². The Labute approximate surface area is 96.9 Å². The maximum Gasteiger partial charge on any atom is 0.252 e. The number of hydrogen-bond donors (Lipinski definition) is 1. The number of hydrogen-bond acceptors (Lipinski definition) is 7. The van der Waals surface area contributed by atoms with E-state index in [-0.39, 0.29) is 0 Å². The SMILES string of the molecule is Cc1nc(N[C@@H](C)C(=O)[O-])c2nc(C)oc2n1. The number of fused-ring (bicyclic) bond motifs is 1. The summed E-state index contributed by atoms with van der Waals surface area (Å²) in [5.74, 6) is 0.0430. The molecule has 0 saturated heterocycles. The van der Waals surface area contributed by atoms with E-state index in [1.165, 1.54) is 6.92 Å². The fourth-order valence-electron chi connectivity index (χ4n) is 1.40. The smallest absolute Gasteiger partial charge is 0.252 e. The lowest BCUT2D eigenvalue weighted by atomic mass is 10.3. The third-order valence-electron chi connectivity index (χ3n) is 2.18. The van der Waals surface area contributed by atoms with E-state index < -0.39 is 12.0 Å². The van der Waals surface area contributed by atoms with Crippen LogP contribution in [0.1, 0.15) is 18.6 Å². The number of aromatic nitrogens is 3. The first kappa shape index (κ1) is 11.3. The Bertz CT molecular complexity index is 578. The van der Waals surface area contributed by atoms with E-state index in [4.69, 9.17) is 4.42 Å². The number of oxazole rings is 1. The predicted molar refractivity (Wildman–Crippen MR) is 57.2 cm³/mol. The summed E-state index contributed by atoms with van der Waals surface area (Å²) in [7, 11) is 0. The fourth-order valence-corrected chi connectivity index (χ4v) is 1.40. The van der Waals surface area contributed by atoms with Crippen LogP contribution in [0.5, 0.6) is 0 Å². The second-order valence-corrected chi connectivity index (χ2v) is 3.69. The minimum Gasteiger partial charge on any atom is -0.548 e. The lowest BCUT2D eigenvalue weighted by molar-refractivity contribution is -0.306. The minimum absolute atomic E-state index is 0.334. The highest BCUT2D eigenvalue weighted by Crippen LogP contribution is 2.20. The van der Waals surface area contributed by atoms with E-state index >= 15 is 0 Å². The molecule has 0 unspecified atom stereocenters. The van der Waals surface area contributed by atoms with Crippen molar-refractivity contribution in [1.29, 1.82) is 0 Å². The van der Waals surface area contributed by atoms with E-state index in [1.54, 1.807) is 13.8 Å². The zero-order valence-electron chi connectivity index (χ0n) is 9.64. The van der Waals surface area contributed by atoms with Crippen molar-refractivity contribution < 1.29 is 14.3 Å². The number of rotatable bonds is 3. The van der Waals surface area contributed by atoms with Gasteiger partial charge in [-0.05, 0) is 13.8 Å². The highest BCUT2D eigenvalue weighted by molar-refractivity contribution is 5.84. The minimum atomic E-state index is -1.21. The largest absolute Gasteiger partial charge is 0.548 e. The molecule has 0 aliphatic heterocycles. The van der Waals surface area contributed by atoms with Crippen LogP contribution in [0.2, 0.25) is 0 Å². The van der Waals surface area contributed by atoms with E-state index in [0.717, 1.165) is 0 Å². The Morgan fingerprint density at radius 3 is 2.71 bits per heavy atom. The molecule has 2 aromatic heterocycles. The number of anilines is 1. The molecule has 0 bridgehead atoms. The maximum atomic E-state index is 10.7. The van der Waals surface area contributed by atoms with Crippen LogP contribution < -0.4 is 10.4 Å². The standard InChI is InChI=1S/C10H12N4O3/c1-4(10(15)16)11-8-7-9(13-5(2)12-8)17-6(3)14-7/h4H,1-3H3,(H,15,16)(H,11,12,13)/p-1/t4-/m0/s1. The highest BCUT2D eigenvalue weighted by Gasteiger charge is 2.14. The molecule has 90 valence electrons. The number of nitrogens with one attached hydrogen (secondary N) is 1. The Morgan fingerprint density at radius 1 is 1.35 bits per heavy atom. The molecule has 0 amide bonds. The fraction of sp³-hybridized carbons (Fsp3) is 0.400. The van der Waals surface area contributed by atoms with Gasteiger partial charge in [0.25, 0.3) is 5.71 Å². The lowest BCUT2D eigenvalue weighted by Gasteiger charge is -2.15. The van der Waals surface area contributed by atoms with E-state index in [9.17, 15) is 9.90 Å². The topological polar surface area (TPSA) is 104 Å². The van der Waals surface area contributed by atoms with Crippen LogP contribution in [0, 0.1) is 13.8 Å². The van der Waals surface area contributed by atoms with E-state index in [2.05, 4.69) is 20.3 Å². The quantitative estimate of drug-likeness (QED) is 0.784. The summed E-state index contributed by atoms with van der Waals surface area (Å²) < 4.78 is 5.27. The molecule has 7 nitrogen and oxygen atoms in total. The van der Waals surface area contributed by atoms with Crippen LogP contribution in [0.4, 0.5) is 5.82 Å². The normalized spacial score (nSPS) is 12.6. The van der Waals surface area contributed by atoms with Gasteiger partial charge in [-0.25, -0.2) is 9.97 Å². The predicted octanol–water partition coefficient (Wildman–Crippen LogP) is -0.215. The maximum absolute atomic E-state index is 10.7. The molecular formula is C10H11N4O3-. The number of nitrogens with zero attached hydrogens (tertiary/aromatic N) is 3. The monoisotopic (exact) mass is 235 g/mol. The molecule has 17 heavy (non-hydrogen) atoms. The van der Waals surface area contributed by atoms with Crippen LogP contribution >= 0.6 is 0 Å². The number of aryl methyl sites for hydroxylation is 2. The Morgan fingerprint density at radius 2 is 2.06 bits per heavy atom. The van der Waals surface area contributed by atoms with Gasteiger partial charge in [0.15, 0.2) is 17.2 Å². The molecule has 0 aliphatic rings. The van der Waals surface area contributed by atoms with Crippen LogP contribution in [-0.4, -0.2) is 27.0 Å². The molecule has 0 radical (unpaired) electrons. The number of carboxylic acids is 1. The summed E-state index contributed by atoms with van der Waals surface area (Å²) in [5.41, 5.74) is 0.754. The summed E-state index contributed by atoms with van der Waals surface area (Å²) in [5, 5.41) is 13.4. The molecule has 0 aliphatic carbocycles. The molecule has 2 heterocycles. The summed E-state index contributed by atoms with van der Waals surface area (Å²) in [6.07, 6.45) is 0. The first-order valence-electron chi connectivity index (χ1n) is 5.06. The number of carboxylic acid groups (broad SMARTS) is 1. The summed E-state index contributed by atoms with van der Waals surface area (Å²) in [4.78, 5) is 22.9. The van der Waals surface area contributed by atoms with Crippen molar-refractivity contribution >= 4 is 23.0 Å². The molecule has 1 N–H and O–H groups in total. The number of carbonyl (C=O) groups is 1. The van der Waals surface area contributed by atoms with Crippen molar-refractivity contribution in [2.75, 3.05) is 5.32 Å². The van der Waals surface area contributed by atoms with Gasteiger partial charge in [0, 0.05) is 6.92 Å². The first-order valence-corrected chi connectivity index (χ1v) is 5.06. The molecular weight excluding hydrogens is 224 g/mol. The number of aliphatic carboxylic acids is 1. The van der Waals surface area contributed by atoms with Gasteiger partial charge in [0.2, 0.25) is 0 Å². The molecule has 7 heteroatoms. The van der Waals surface area contributed by atoms with Gasteiger partial charge in [-0.15, -0.1) is 0 Å². The summed E-state index contributed by atoms with van der Waals surface area (Å²) >= 11 is 0. The summed E-state index contributed by atoms with van der Waals surface area (Å²) in [6, 6.07) is -0.871. The van der Waals surface area contributed by atoms with Gasteiger partial charge >= 0.3 is 0 Å². The number of carbonyl (C=O) groups excluding carboxylic acids is 1. The van der Waals surface area contributed by atoms with Crippen molar-refractivity contribution in [2.45, 2.75) is 26.8 Å². The van der Waals surface area contributed by atoms with Crippen molar-refractivity contribution in [3.8, 4) is 0 Å². The Kier molecular flexibility index (Phi) is 2.66.